The molecule has 0 aromatic heterocycles. The minimum atomic E-state index is -1.46. The van der Waals surface area contributed by atoms with Crippen molar-refractivity contribution in [3.05, 3.63) is 0 Å². The van der Waals surface area contributed by atoms with E-state index in [0.717, 1.165) is 6.54 Å². The maximum absolute atomic E-state index is 10.2. The molecule has 4 nitrogen and oxygen atoms in total. The topological polar surface area (TPSA) is 58.6 Å². The van der Waals surface area contributed by atoms with Gasteiger partial charge in [-0.15, -0.1) is 0 Å². The van der Waals surface area contributed by atoms with Gasteiger partial charge in [-0.05, 0) is 26.6 Å². The molecule has 2 N–H and O–H groups in total. The molecule has 0 aliphatic rings. The highest BCUT2D eigenvalue weighted by atomic mass is 28.4. The number of carboxylic acid groups (broad SMARTS) is 1. The van der Waals surface area contributed by atoms with Crippen molar-refractivity contribution in [1.29, 1.82) is 0 Å². The summed E-state index contributed by atoms with van der Waals surface area (Å²) in [4.78, 5) is 10.2. The van der Waals surface area contributed by atoms with Crippen LogP contribution in [0.15, 0.2) is 0 Å². The number of hydrogen-bond donors (Lipinski definition) is 2. The molecule has 0 fully saturated rings. The van der Waals surface area contributed by atoms with E-state index in [-0.39, 0.29) is 12.5 Å². The lowest BCUT2D eigenvalue weighted by Crippen LogP contribution is -2.36. The average molecular weight is 219 g/mol. The minimum Gasteiger partial charge on any atom is -0.481 e. The number of hydrogen-bond acceptors (Lipinski definition) is 3. The molecule has 1 atom stereocenters. The summed E-state index contributed by atoms with van der Waals surface area (Å²) in [6.07, 6.45) is 0.329. The van der Waals surface area contributed by atoms with Crippen molar-refractivity contribution in [2.75, 3.05) is 13.1 Å². The molecule has 1 unspecified atom stereocenters. The fourth-order valence-electron chi connectivity index (χ4n) is 1.15. The molecule has 0 saturated carbocycles. The summed E-state index contributed by atoms with van der Waals surface area (Å²) in [6.45, 7) is 9.65. The molecule has 0 amide bonds. The molecule has 0 spiro atoms. The maximum Gasteiger partial charge on any atom is 0.304 e. The molecule has 0 aromatic carbocycles. The van der Waals surface area contributed by atoms with Crippen LogP contribution in [0.1, 0.15) is 13.3 Å². The van der Waals surface area contributed by atoms with Gasteiger partial charge in [0, 0.05) is 13.1 Å². The SMILES string of the molecule is CC(CNCCC(=O)O)O[Si](C)(C)C. The Morgan fingerprint density at radius 3 is 2.50 bits per heavy atom. The quantitative estimate of drug-likeness (QED) is 0.500. The standard InChI is InChI=1S/C9H21NO3Si/c1-8(13-14(2,3)4)7-10-6-5-9(11)12/h8,10H,5-7H2,1-4H3,(H,11,12). The van der Waals surface area contributed by atoms with E-state index >= 15 is 0 Å². The molecule has 0 aromatic rings. The lowest BCUT2D eigenvalue weighted by molar-refractivity contribution is -0.136. The number of carboxylic acids is 1. The second-order valence-electron chi connectivity index (χ2n) is 4.39. The van der Waals surface area contributed by atoms with Crippen LogP contribution in [0.2, 0.25) is 19.6 Å². The number of carbonyl (C=O) groups is 1. The second kappa shape index (κ2) is 6.16. The van der Waals surface area contributed by atoms with Gasteiger partial charge in [-0.25, -0.2) is 0 Å². The van der Waals surface area contributed by atoms with Crippen LogP contribution in [-0.4, -0.2) is 38.6 Å². The van der Waals surface area contributed by atoms with Gasteiger partial charge in [0.15, 0.2) is 8.32 Å². The molecule has 0 saturated heterocycles. The molecule has 0 rings (SSSR count). The average Bonchev–Trinajstić information content (AvgIpc) is 1.94. The molecule has 14 heavy (non-hydrogen) atoms. The summed E-state index contributed by atoms with van der Waals surface area (Å²) in [7, 11) is -1.46. The van der Waals surface area contributed by atoms with E-state index < -0.39 is 14.3 Å². The van der Waals surface area contributed by atoms with E-state index in [1.807, 2.05) is 6.92 Å². The summed E-state index contributed by atoms with van der Waals surface area (Å²) in [6, 6.07) is 0. The predicted molar refractivity (Wildman–Crippen MR) is 59.0 cm³/mol. The zero-order valence-corrected chi connectivity index (χ0v) is 10.5. The van der Waals surface area contributed by atoms with Gasteiger partial charge in [-0.2, -0.15) is 0 Å². The zero-order chi connectivity index (χ0) is 11.2. The first-order valence-electron chi connectivity index (χ1n) is 4.91. The van der Waals surface area contributed by atoms with Crippen LogP contribution < -0.4 is 5.32 Å². The van der Waals surface area contributed by atoms with Gasteiger partial charge in [0.25, 0.3) is 0 Å². The van der Waals surface area contributed by atoms with Crippen molar-refractivity contribution in [3.8, 4) is 0 Å². The highest BCUT2D eigenvalue weighted by Crippen LogP contribution is 2.05. The number of rotatable bonds is 7. The summed E-state index contributed by atoms with van der Waals surface area (Å²) in [5.74, 6) is -0.767. The molecule has 0 aliphatic heterocycles. The smallest absolute Gasteiger partial charge is 0.304 e. The molecule has 0 heterocycles. The lowest BCUT2D eigenvalue weighted by Gasteiger charge is -2.23. The Morgan fingerprint density at radius 2 is 2.07 bits per heavy atom. The Kier molecular flexibility index (Phi) is 5.99. The van der Waals surface area contributed by atoms with E-state index in [4.69, 9.17) is 9.53 Å². The van der Waals surface area contributed by atoms with Gasteiger partial charge in [0.1, 0.15) is 0 Å². The zero-order valence-electron chi connectivity index (χ0n) is 9.46. The Balaban J connectivity index is 3.45. The Labute approximate surface area is 86.8 Å². The number of nitrogens with one attached hydrogen (secondary N) is 1. The first kappa shape index (κ1) is 13.6. The Hall–Kier alpha value is -0.393. The lowest BCUT2D eigenvalue weighted by atomic mass is 10.4. The second-order valence-corrected chi connectivity index (χ2v) is 8.85. The monoisotopic (exact) mass is 219 g/mol. The molecule has 0 bridgehead atoms. The van der Waals surface area contributed by atoms with E-state index in [1.54, 1.807) is 0 Å². The van der Waals surface area contributed by atoms with Crippen molar-refractivity contribution in [3.63, 3.8) is 0 Å². The van der Waals surface area contributed by atoms with Gasteiger partial charge in [-0.1, -0.05) is 0 Å². The molecular weight excluding hydrogens is 198 g/mol. The van der Waals surface area contributed by atoms with Gasteiger partial charge in [0.2, 0.25) is 0 Å². The van der Waals surface area contributed by atoms with E-state index in [1.165, 1.54) is 0 Å². The third-order valence-electron chi connectivity index (χ3n) is 1.50. The van der Waals surface area contributed by atoms with E-state index in [0.29, 0.717) is 6.54 Å². The number of aliphatic carboxylic acids is 1. The molecule has 5 heteroatoms. The van der Waals surface area contributed by atoms with Crippen LogP contribution in [-0.2, 0) is 9.22 Å². The molecular formula is C9H21NO3Si. The van der Waals surface area contributed by atoms with Crippen molar-refractivity contribution < 1.29 is 14.3 Å². The van der Waals surface area contributed by atoms with Crippen molar-refractivity contribution in [1.82, 2.24) is 5.32 Å². The highest BCUT2D eigenvalue weighted by Gasteiger charge is 2.17. The summed E-state index contributed by atoms with van der Waals surface area (Å²) >= 11 is 0. The summed E-state index contributed by atoms with van der Waals surface area (Å²) in [5.41, 5.74) is 0. The first-order valence-corrected chi connectivity index (χ1v) is 8.32. The first-order chi connectivity index (χ1) is 6.31. The van der Waals surface area contributed by atoms with E-state index in [2.05, 4.69) is 25.0 Å². The van der Waals surface area contributed by atoms with Crippen molar-refractivity contribution >= 4 is 14.3 Å². The summed E-state index contributed by atoms with van der Waals surface area (Å²) in [5, 5.41) is 11.5. The van der Waals surface area contributed by atoms with Crippen LogP contribution in [0.25, 0.3) is 0 Å². The highest BCUT2D eigenvalue weighted by molar-refractivity contribution is 6.69. The third kappa shape index (κ3) is 9.69. The van der Waals surface area contributed by atoms with Crippen LogP contribution in [0, 0.1) is 0 Å². The fraction of sp³-hybridized carbons (Fsp3) is 0.889. The van der Waals surface area contributed by atoms with E-state index in [9.17, 15) is 4.79 Å². The van der Waals surface area contributed by atoms with Crippen LogP contribution in [0.4, 0.5) is 0 Å². The van der Waals surface area contributed by atoms with Gasteiger partial charge in [0.05, 0.1) is 12.5 Å². The molecule has 0 radical (unpaired) electrons. The Morgan fingerprint density at radius 1 is 1.50 bits per heavy atom. The van der Waals surface area contributed by atoms with Crippen molar-refractivity contribution in [2.24, 2.45) is 0 Å². The van der Waals surface area contributed by atoms with Crippen molar-refractivity contribution in [2.45, 2.75) is 39.1 Å². The summed E-state index contributed by atoms with van der Waals surface area (Å²) < 4.78 is 5.77. The maximum atomic E-state index is 10.2. The van der Waals surface area contributed by atoms with Gasteiger partial charge < -0.3 is 14.8 Å². The molecule has 84 valence electrons. The predicted octanol–water partition coefficient (Wildman–Crippen LogP) is 1.29. The molecule has 0 aliphatic carbocycles. The van der Waals surface area contributed by atoms with Gasteiger partial charge >= 0.3 is 5.97 Å². The van der Waals surface area contributed by atoms with Crippen LogP contribution >= 0.6 is 0 Å². The third-order valence-corrected chi connectivity index (χ3v) is 2.61. The fourth-order valence-corrected chi connectivity index (χ4v) is 2.44. The van der Waals surface area contributed by atoms with Crippen LogP contribution in [0.5, 0.6) is 0 Å². The normalized spacial score (nSPS) is 14.0. The van der Waals surface area contributed by atoms with Gasteiger partial charge in [-0.3, -0.25) is 4.79 Å². The Bertz CT molecular complexity index is 179. The van der Waals surface area contributed by atoms with Crippen LogP contribution in [0.3, 0.4) is 0 Å². The largest absolute Gasteiger partial charge is 0.481 e. The minimum absolute atomic E-state index is 0.162.